The Bertz CT molecular complexity index is 975. The summed E-state index contributed by atoms with van der Waals surface area (Å²) in [5.41, 5.74) is 1.90. The molecular weight excluding hydrogens is 374 g/mol. The van der Waals surface area contributed by atoms with Gasteiger partial charge in [0.25, 0.3) is 11.7 Å². The first-order chi connectivity index (χ1) is 13.8. The van der Waals surface area contributed by atoms with Crippen molar-refractivity contribution in [2.75, 3.05) is 13.7 Å². The van der Waals surface area contributed by atoms with E-state index in [1.165, 1.54) is 12.0 Å². The molecule has 0 bridgehead atoms. The Labute approximate surface area is 167 Å². The molecule has 1 unspecified atom stereocenters. The Morgan fingerprint density at radius 3 is 2.21 bits per heavy atom. The maximum absolute atomic E-state index is 12.8. The number of aliphatic hydroxyl groups excluding tert-OH is 1. The monoisotopic (exact) mass is 395 g/mol. The van der Waals surface area contributed by atoms with Crippen LogP contribution in [0.4, 0.5) is 0 Å². The van der Waals surface area contributed by atoms with E-state index in [2.05, 4.69) is 0 Å². The zero-order chi connectivity index (χ0) is 21.1. The lowest BCUT2D eigenvalue weighted by Gasteiger charge is -2.25. The number of Topliss-reactive ketones (excluding diaryl/α,β-unsaturated/α-hetero) is 1. The third-order valence-electron chi connectivity index (χ3n) is 4.86. The van der Waals surface area contributed by atoms with Crippen LogP contribution in [-0.2, 0) is 14.4 Å². The number of ketones is 1. The standard InChI is InChI=1S/C22H21NO6/c1-13-3-5-15(6-4-13)20(26)18-19(14-7-9-16(29-2)10-8-14)23(12-11-17(24)25)22(28)21(18)27/h3-10,19,26H,11-12H2,1-2H3,(H,24,25)/b20-18+. The Morgan fingerprint density at radius 1 is 1.03 bits per heavy atom. The fourth-order valence-electron chi connectivity index (χ4n) is 3.33. The molecule has 150 valence electrons. The second-order valence-electron chi connectivity index (χ2n) is 6.78. The summed E-state index contributed by atoms with van der Waals surface area (Å²) in [5.74, 6) is -2.45. The highest BCUT2D eigenvalue weighted by Crippen LogP contribution is 2.39. The number of carbonyl (C=O) groups excluding carboxylic acids is 2. The van der Waals surface area contributed by atoms with Crippen LogP contribution >= 0.6 is 0 Å². The highest BCUT2D eigenvalue weighted by Gasteiger charge is 2.46. The Balaban J connectivity index is 2.13. The highest BCUT2D eigenvalue weighted by atomic mass is 16.5. The Morgan fingerprint density at radius 2 is 1.66 bits per heavy atom. The Hall–Kier alpha value is -3.61. The molecule has 0 aromatic heterocycles. The summed E-state index contributed by atoms with van der Waals surface area (Å²) >= 11 is 0. The van der Waals surface area contributed by atoms with Gasteiger partial charge in [0.05, 0.1) is 25.1 Å². The van der Waals surface area contributed by atoms with Crippen LogP contribution in [0.2, 0.25) is 0 Å². The number of benzene rings is 2. The number of hydrogen-bond donors (Lipinski definition) is 2. The van der Waals surface area contributed by atoms with Crippen molar-refractivity contribution in [3.63, 3.8) is 0 Å². The smallest absolute Gasteiger partial charge is 0.305 e. The maximum atomic E-state index is 12.8. The molecule has 2 N–H and O–H groups in total. The molecule has 1 amide bonds. The van der Waals surface area contributed by atoms with Crippen LogP contribution in [0.5, 0.6) is 5.75 Å². The summed E-state index contributed by atoms with van der Waals surface area (Å²) in [6, 6.07) is 12.8. The molecule has 1 fully saturated rings. The first-order valence-corrected chi connectivity index (χ1v) is 9.04. The normalized spacial score (nSPS) is 18.1. The van der Waals surface area contributed by atoms with Crippen molar-refractivity contribution in [2.24, 2.45) is 0 Å². The number of likely N-dealkylation sites (tertiary alicyclic amines) is 1. The molecule has 7 heteroatoms. The minimum atomic E-state index is -1.08. The average Bonchev–Trinajstić information content (AvgIpc) is 2.97. The number of hydrogen-bond acceptors (Lipinski definition) is 5. The van der Waals surface area contributed by atoms with E-state index in [1.807, 2.05) is 6.92 Å². The summed E-state index contributed by atoms with van der Waals surface area (Å²) in [5, 5.41) is 19.9. The molecule has 1 saturated heterocycles. The first kappa shape index (κ1) is 20.1. The summed E-state index contributed by atoms with van der Waals surface area (Å²) in [4.78, 5) is 37.6. The topological polar surface area (TPSA) is 104 Å². The SMILES string of the molecule is COc1ccc(C2/C(=C(\O)c3ccc(C)cc3)C(=O)C(=O)N2CCC(=O)O)cc1. The van der Waals surface area contributed by atoms with Crippen molar-refractivity contribution in [1.29, 1.82) is 0 Å². The fraction of sp³-hybridized carbons (Fsp3) is 0.227. The minimum absolute atomic E-state index is 0.0607. The van der Waals surface area contributed by atoms with Gasteiger partial charge in [-0.25, -0.2) is 0 Å². The zero-order valence-corrected chi connectivity index (χ0v) is 16.1. The predicted octanol–water partition coefficient (Wildman–Crippen LogP) is 2.90. The maximum Gasteiger partial charge on any atom is 0.305 e. The van der Waals surface area contributed by atoms with Gasteiger partial charge in [0.15, 0.2) is 0 Å². The van der Waals surface area contributed by atoms with Gasteiger partial charge in [-0.2, -0.15) is 0 Å². The van der Waals surface area contributed by atoms with E-state index in [1.54, 1.807) is 48.5 Å². The molecule has 0 saturated carbocycles. The molecule has 0 radical (unpaired) electrons. The van der Waals surface area contributed by atoms with Gasteiger partial charge in [-0.3, -0.25) is 14.4 Å². The number of nitrogens with zero attached hydrogens (tertiary/aromatic N) is 1. The lowest BCUT2D eigenvalue weighted by molar-refractivity contribution is -0.142. The number of ether oxygens (including phenoxy) is 1. The van der Waals surface area contributed by atoms with E-state index in [-0.39, 0.29) is 24.3 Å². The van der Waals surface area contributed by atoms with E-state index in [0.717, 1.165) is 5.56 Å². The lowest BCUT2D eigenvalue weighted by atomic mass is 9.95. The third-order valence-corrected chi connectivity index (χ3v) is 4.86. The molecular formula is C22H21NO6. The van der Waals surface area contributed by atoms with Crippen LogP contribution < -0.4 is 4.74 Å². The highest BCUT2D eigenvalue weighted by molar-refractivity contribution is 6.46. The number of amides is 1. The third kappa shape index (κ3) is 3.99. The molecule has 2 aromatic rings. The molecule has 1 atom stereocenters. The van der Waals surface area contributed by atoms with Gasteiger partial charge >= 0.3 is 5.97 Å². The molecule has 3 rings (SSSR count). The zero-order valence-electron chi connectivity index (χ0n) is 16.1. The van der Waals surface area contributed by atoms with E-state index < -0.39 is 23.7 Å². The quantitative estimate of drug-likeness (QED) is 0.443. The van der Waals surface area contributed by atoms with E-state index in [4.69, 9.17) is 9.84 Å². The van der Waals surface area contributed by atoms with Gasteiger partial charge in [0.1, 0.15) is 11.5 Å². The van der Waals surface area contributed by atoms with Crippen molar-refractivity contribution >= 4 is 23.4 Å². The summed E-state index contributed by atoms with van der Waals surface area (Å²) in [6.07, 6.45) is -0.315. The summed E-state index contributed by atoms with van der Waals surface area (Å²) in [6.45, 7) is 1.74. The van der Waals surface area contributed by atoms with E-state index in [9.17, 15) is 19.5 Å². The van der Waals surface area contributed by atoms with Gasteiger partial charge in [0, 0.05) is 12.1 Å². The van der Waals surface area contributed by atoms with Crippen LogP contribution in [0.25, 0.3) is 5.76 Å². The van der Waals surface area contributed by atoms with Crippen molar-refractivity contribution in [3.05, 3.63) is 70.8 Å². The van der Waals surface area contributed by atoms with Crippen LogP contribution in [0, 0.1) is 6.92 Å². The van der Waals surface area contributed by atoms with Crippen LogP contribution in [0.15, 0.2) is 54.1 Å². The number of carboxylic acids is 1. The van der Waals surface area contributed by atoms with E-state index in [0.29, 0.717) is 16.9 Å². The Kier molecular flexibility index (Phi) is 5.68. The molecule has 29 heavy (non-hydrogen) atoms. The molecule has 1 heterocycles. The molecule has 0 spiro atoms. The van der Waals surface area contributed by atoms with Crippen LogP contribution in [-0.4, -0.2) is 46.4 Å². The molecule has 1 aliphatic rings. The summed E-state index contributed by atoms with van der Waals surface area (Å²) in [7, 11) is 1.52. The average molecular weight is 395 g/mol. The van der Waals surface area contributed by atoms with E-state index >= 15 is 0 Å². The number of aryl methyl sites for hydroxylation is 1. The van der Waals surface area contributed by atoms with Crippen molar-refractivity contribution < 1.29 is 29.3 Å². The predicted molar refractivity (Wildman–Crippen MR) is 105 cm³/mol. The van der Waals surface area contributed by atoms with Crippen LogP contribution in [0.3, 0.4) is 0 Å². The largest absolute Gasteiger partial charge is 0.507 e. The van der Waals surface area contributed by atoms with Crippen molar-refractivity contribution in [2.45, 2.75) is 19.4 Å². The second-order valence-corrected chi connectivity index (χ2v) is 6.78. The van der Waals surface area contributed by atoms with Gasteiger partial charge < -0.3 is 19.8 Å². The molecule has 7 nitrogen and oxygen atoms in total. The van der Waals surface area contributed by atoms with Crippen molar-refractivity contribution in [1.82, 2.24) is 4.90 Å². The van der Waals surface area contributed by atoms with Crippen LogP contribution in [0.1, 0.15) is 29.2 Å². The fourth-order valence-corrected chi connectivity index (χ4v) is 3.33. The number of rotatable bonds is 6. The molecule has 1 aliphatic heterocycles. The van der Waals surface area contributed by atoms with Gasteiger partial charge in [-0.05, 0) is 24.6 Å². The second kappa shape index (κ2) is 8.18. The summed E-state index contributed by atoms with van der Waals surface area (Å²) < 4.78 is 5.15. The molecule has 2 aromatic carbocycles. The number of carboxylic acid groups (broad SMARTS) is 1. The van der Waals surface area contributed by atoms with Gasteiger partial charge in [-0.15, -0.1) is 0 Å². The number of methoxy groups -OCH3 is 1. The van der Waals surface area contributed by atoms with Gasteiger partial charge in [-0.1, -0.05) is 42.0 Å². The molecule has 0 aliphatic carbocycles. The number of aliphatic hydroxyl groups is 1. The number of carbonyl (C=O) groups is 3. The lowest BCUT2D eigenvalue weighted by Crippen LogP contribution is -2.31. The van der Waals surface area contributed by atoms with Gasteiger partial charge in [0.2, 0.25) is 0 Å². The minimum Gasteiger partial charge on any atom is -0.507 e. The first-order valence-electron chi connectivity index (χ1n) is 9.04. The number of aliphatic carboxylic acids is 1. The van der Waals surface area contributed by atoms with Crippen molar-refractivity contribution in [3.8, 4) is 5.75 Å².